The maximum atomic E-state index is 13.3. The molecule has 1 saturated heterocycles. The number of hydrogen-bond donors (Lipinski definition) is 1. The average Bonchev–Trinajstić information content (AvgIpc) is 3.49. The van der Waals surface area contributed by atoms with Crippen molar-refractivity contribution >= 4 is 35.0 Å². The molecule has 2 aromatic carbocycles. The molecule has 3 atom stereocenters. The topological polar surface area (TPSA) is 72.6 Å². The third-order valence-corrected chi connectivity index (χ3v) is 5.91. The maximum Gasteiger partial charge on any atom is 0.252 e. The number of benzene rings is 2. The van der Waals surface area contributed by atoms with Crippen LogP contribution in [0.4, 0.5) is 0 Å². The lowest BCUT2D eigenvalue weighted by atomic mass is 9.91. The van der Waals surface area contributed by atoms with Gasteiger partial charge in [0, 0.05) is 16.6 Å². The molecule has 2 N–H and O–H groups in total. The number of carbonyl (C=O) groups is 2. The van der Waals surface area contributed by atoms with Crippen LogP contribution < -0.4 is 5.73 Å². The van der Waals surface area contributed by atoms with E-state index in [0.717, 1.165) is 24.0 Å². The summed E-state index contributed by atoms with van der Waals surface area (Å²) in [5.41, 5.74) is 7.16. The predicted octanol–water partition coefficient (Wildman–Crippen LogP) is 4.29. The molecule has 4 rings (SSSR count). The maximum absolute atomic E-state index is 13.3. The van der Waals surface area contributed by atoms with Gasteiger partial charge in [0.15, 0.2) is 0 Å². The van der Waals surface area contributed by atoms with E-state index in [1.807, 2.05) is 35.2 Å². The number of morpholine rings is 1. The van der Waals surface area contributed by atoms with Gasteiger partial charge in [0.2, 0.25) is 5.91 Å². The number of rotatable bonds is 6. The van der Waals surface area contributed by atoms with Crippen molar-refractivity contribution in [2.45, 2.75) is 37.5 Å². The fraction of sp³-hybridized carbons (Fsp3) is 0.364. The molecule has 0 spiro atoms. The zero-order chi connectivity index (χ0) is 20.5. The Morgan fingerprint density at radius 2 is 1.79 bits per heavy atom. The van der Waals surface area contributed by atoms with E-state index in [4.69, 9.17) is 33.7 Å². The molecule has 152 valence electrons. The number of halogens is 2. The first-order chi connectivity index (χ1) is 13.9. The van der Waals surface area contributed by atoms with Crippen molar-refractivity contribution in [1.29, 1.82) is 0 Å². The summed E-state index contributed by atoms with van der Waals surface area (Å²) < 4.78 is 6.20. The molecule has 2 aromatic rings. The Kier molecular flexibility index (Phi) is 5.81. The fourth-order valence-corrected chi connectivity index (χ4v) is 4.18. The number of carbonyl (C=O) groups excluding carboxylic acids is 2. The van der Waals surface area contributed by atoms with Crippen molar-refractivity contribution in [2.75, 3.05) is 6.54 Å². The number of ether oxygens (including phenoxy) is 1. The second-order valence-corrected chi connectivity index (χ2v) is 8.57. The predicted molar refractivity (Wildman–Crippen MR) is 112 cm³/mol. The van der Waals surface area contributed by atoms with Crippen LogP contribution in [0, 0.1) is 5.92 Å². The van der Waals surface area contributed by atoms with Gasteiger partial charge in [-0.3, -0.25) is 9.59 Å². The van der Waals surface area contributed by atoms with E-state index in [1.165, 1.54) is 0 Å². The summed E-state index contributed by atoms with van der Waals surface area (Å²) in [5.74, 6) is -0.292. The van der Waals surface area contributed by atoms with Crippen LogP contribution in [0.2, 0.25) is 10.0 Å². The first kappa shape index (κ1) is 20.2. The SMILES string of the molecule is NC(=O)C[C@H]1O[C@H](c2cccc(Cl)c2)[C@@H](c2ccc(Cl)cc2)N(CC2CC2)C1=O. The summed E-state index contributed by atoms with van der Waals surface area (Å²) in [7, 11) is 0. The molecule has 2 amide bonds. The van der Waals surface area contributed by atoms with Crippen LogP contribution in [-0.4, -0.2) is 29.4 Å². The minimum absolute atomic E-state index is 0.148. The highest BCUT2D eigenvalue weighted by atomic mass is 35.5. The summed E-state index contributed by atoms with van der Waals surface area (Å²) in [6.07, 6.45) is 0.666. The highest BCUT2D eigenvalue weighted by Gasteiger charge is 2.46. The minimum atomic E-state index is -0.904. The van der Waals surface area contributed by atoms with Gasteiger partial charge in [-0.15, -0.1) is 0 Å². The molecule has 1 heterocycles. The van der Waals surface area contributed by atoms with Gasteiger partial charge < -0.3 is 15.4 Å². The van der Waals surface area contributed by atoms with E-state index in [1.54, 1.807) is 18.2 Å². The van der Waals surface area contributed by atoms with E-state index in [0.29, 0.717) is 22.5 Å². The van der Waals surface area contributed by atoms with Gasteiger partial charge in [0.25, 0.3) is 5.91 Å². The van der Waals surface area contributed by atoms with Crippen molar-refractivity contribution in [3.63, 3.8) is 0 Å². The lowest BCUT2D eigenvalue weighted by molar-refractivity contribution is -0.176. The van der Waals surface area contributed by atoms with E-state index in [2.05, 4.69) is 0 Å². The number of amides is 2. The van der Waals surface area contributed by atoms with Crippen LogP contribution in [0.25, 0.3) is 0 Å². The van der Waals surface area contributed by atoms with E-state index in [-0.39, 0.29) is 18.4 Å². The van der Waals surface area contributed by atoms with Crippen molar-refractivity contribution < 1.29 is 14.3 Å². The van der Waals surface area contributed by atoms with Gasteiger partial charge in [-0.2, -0.15) is 0 Å². The van der Waals surface area contributed by atoms with Crippen LogP contribution in [0.15, 0.2) is 48.5 Å². The Balaban J connectivity index is 1.78. The van der Waals surface area contributed by atoms with Crippen molar-refractivity contribution in [2.24, 2.45) is 11.7 Å². The second-order valence-electron chi connectivity index (χ2n) is 7.70. The van der Waals surface area contributed by atoms with Crippen LogP contribution >= 0.6 is 23.2 Å². The number of nitrogens with two attached hydrogens (primary N) is 1. The van der Waals surface area contributed by atoms with Gasteiger partial charge in [-0.1, -0.05) is 47.5 Å². The normalized spacial score (nSPS) is 24.6. The molecular weight excluding hydrogens is 411 g/mol. The molecular formula is C22H22Cl2N2O3. The fourth-order valence-electron chi connectivity index (χ4n) is 3.85. The summed E-state index contributed by atoms with van der Waals surface area (Å²) in [6.45, 7) is 0.627. The van der Waals surface area contributed by atoms with E-state index >= 15 is 0 Å². The largest absolute Gasteiger partial charge is 0.370 e. The number of primary amides is 1. The van der Waals surface area contributed by atoms with Crippen LogP contribution in [-0.2, 0) is 14.3 Å². The van der Waals surface area contributed by atoms with Gasteiger partial charge in [-0.25, -0.2) is 0 Å². The standard InChI is InChI=1S/C22H22Cl2N2O3/c23-16-8-6-14(7-9-16)20-21(15-2-1-3-17(24)10-15)29-18(11-19(25)27)22(28)26(20)12-13-4-5-13/h1-3,6-10,13,18,20-21H,4-5,11-12H2,(H2,25,27)/t18-,20-,21-/m1/s1. The van der Waals surface area contributed by atoms with Gasteiger partial charge in [0.1, 0.15) is 12.2 Å². The quantitative estimate of drug-likeness (QED) is 0.739. The molecule has 0 bridgehead atoms. The number of nitrogens with zero attached hydrogens (tertiary/aromatic N) is 1. The lowest BCUT2D eigenvalue weighted by Gasteiger charge is -2.45. The zero-order valence-corrected chi connectivity index (χ0v) is 17.3. The Morgan fingerprint density at radius 1 is 1.07 bits per heavy atom. The molecule has 29 heavy (non-hydrogen) atoms. The highest BCUT2D eigenvalue weighted by Crippen LogP contribution is 2.45. The Bertz CT molecular complexity index is 915. The average molecular weight is 433 g/mol. The minimum Gasteiger partial charge on any atom is -0.370 e. The smallest absolute Gasteiger partial charge is 0.252 e. The van der Waals surface area contributed by atoms with Gasteiger partial charge in [0.05, 0.1) is 12.5 Å². The molecule has 1 saturated carbocycles. The lowest BCUT2D eigenvalue weighted by Crippen LogP contribution is -2.52. The first-order valence-corrected chi connectivity index (χ1v) is 10.4. The molecule has 1 aliphatic heterocycles. The van der Waals surface area contributed by atoms with Crippen LogP contribution in [0.5, 0.6) is 0 Å². The molecule has 0 radical (unpaired) electrons. The number of hydrogen-bond acceptors (Lipinski definition) is 3. The zero-order valence-electron chi connectivity index (χ0n) is 15.8. The van der Waals surface area contributed by atoms with Gasteiger partial charge >= 0.3 is 0 Å². The van der Waals surface area contributed by atoms with E-state index < -0.39 is 18.1 Å². The molecule has 5 nitrogen and oxygen atoms in total. The molecule has 0 unspecified atom stereocenters. The molecule has 2 fully saturated rings. The molecule has 1 aliphatic carbocycles. The highest BCUT2D eigenvalue weighted by molar-refractivity contribution is 6.30. The summed E-state index contributed by atoms with van der Waals surface area (Å²) in [5, 5.41) is 1.20. The third kappa shape index (κ3) is 4.58. The Morgan fingerprint density at radius 3 is 2.41 bits per heavy atom. The summed E-state index contributed by atoms with van der Waals surface area (Å²) in [4.78, 5) is 26.7. The Labute approximate surface area is 179 Å². The van der Waals surface area contributed by atoms with Crippen molar-refractivity contribution in [3.8, 4) is 0 Å². The molecule has 0 aromatic heterocycles. The molecule has 2 aliphatic rings. The van der Waals surface area contributed by atoms with Gasteiger partial charge in [-0.05, 0) is 54.2 Å². The van der Waals surface area contributed by atoms with Crippen molar-refractivity contribution in [1.82, 2.24) is 4.90 Å². The second kappa shape index (κ2) is 8.34. The summed E-state index contributed by atoms with van der Waals surface area (Å²) in [6, 6.07) is 14.5. The Hall–Kier alpha value is -2.08. The molecule has 7 heteroatoms. The van der Waals surface area contributed by atoms with Crippen molar-refractivity contribution in [3.05, 3.63) is 69.7 Å². The van der Waals surface area contributed by atoms with Crippen LogP contribution in [0.1, 0.15) is 42.5 Å². The first-order valence-electron chi connectivity index (χ1n) is 9.67. The summed E-state index contributed by atoms with van der Waals surface area (Å²) >= 11 is 12.3. The monoisotopic (exact) mass is 432 g/mol. The van der Waals surface area contributed by atoms with E-state index in [9.17, 15) is 9.59 Å². The van der Waals surface area contributed by atoms with Crippen LogP contribution in [0.3, 0.4) is 0 Å². The third-order valence-electron chi connectivity index (χ3n) is 5.42.